The molecule has 1 aromatic carbocycles. The maximum absolute atomic E-state index is 11.5. The number of anilines is 1. The fourth-order valence-electron chi connectivity index (χ4n) is 1.74. The van der Waals surface area contributed by atoms with E-state index in [4.69, 9.17) is 23.1 Å². The Morgan fingerprint density at radius 3 is 2.56 bits per heavy atom. The third kappa shape index (κ3) is 2.12. The highest BCUT2D eigenvalue weighted by Crippen LogP contribution is 2.29. The van der Waals surface area contributed by atoms with Crippen LogP contribution in [0.25, 0.3) is 11.3 Å². The average Bonchev–Trinajstić information content (AvgIpc) is 2.27. The summed E-state index contributed by atoms with van der Waals surface area (Å²) in [4.78, 5) is 19.5. The van der Waals surface area contributed by atoms with Crippen LogP contribution in [-0.2, 0) is 0 Å². The van der Waals surface area contributed by atoms with E-state index in [1.54, 1.807) is 31.2 Å². The third-order valence-electron chi connectivity index (χ3n) is 2.48. The molecule has 5 nitrogen and oxygen atoms in total. The standard InChI is InChI=1S/C12H11ClN4O/c1-6-9(11(14)18)10(17-12(15)16-6)7-4-2-3-5-8(7)13/h2-5H,1H3,(H2,14,18)(H2,15,16,17). The van der Waals surface area contributed by atoms with Crippen LogP contribution in [0.4, 0.5) is 5.95 Å². The summed E-state index contributed by atoms with van der Waals surface area (Å²) in [5.74, 6) is -0.533. The monoisotopic (exact) mass is 262 g/mol. The molecule has 0 bridgehead atoms. The molecule has 0 spiro atoms. The predicted octanol–water partition coefficient (Wildman–Crippen LogP) is 1.79. The maximum Gasteiger partial charge on any atom is 0.252 e. The van der Waals surface area contributed by atoms with Crippen LogP contribution in [0.5, 0.6) is 0 Å². The average molecular weight is 263 g/mol. The number of benzene rings is 1. The zero-order valence-electron chi connectivity index (χ0n) is 9.64. The van der Waals surface area contributed by atoms with Crippen molar-refractivity contribution in [1.82, 2.24) is 9.97 Å². The molecule has 2 aromatic rings. The minimum absolute atomic E-state index is 0.0763. The molecular formula is C12H11ClN4O. The Morgan fingerprint density at radius 1 is 1.28 bits per heavy atom. The number of rotatable bonds is 2. The first-order chi connectivity index (χ1) is 8.50. The summed E-state index contributed by atoms with van der Waals surface area (Å²) in [7, 11) is 0. The van der Waals surface area contributed by atoms with Gasteiger partial charge in [-0.25, -0.2) is 9.97 Å². The van der Waals surface area contributed by atoms with E-state index in [2.05, 4.69) is 9.97 Å². The topological polar surface area (TPSA) is 94.9 Å². The molecule has 18 heavy (non-hydrogen) atoms. The molecule has 0 aliphatic carbocycles. The van der Waals surface area contributed by atoms with Crippen LogP contribution < -0.4 is 11.5 Å². The van der Waals surface area contributed by atoms with E-state index < -0.39 is 5.91 Å². The molecule has 0 unspecified atom stereocenters. The summed E-state index contributed by atoms with van der Waals surface area (Å²) < 4.78 is 0. The van der Waals surface area contributed by atoms with E-state index in [-0.39, 0.29) is 11.5 Å². The van der Waals surface area contributed by atoms with E-state index in [0.717, 1.165) is 0 Å². The fourth-order valence-corrected chi connectivity index (χ4v) is 1.96. The summed E-state index contributed by atoms with van der Waals surface area (Å²) in [6, 6.07) is 7.03. The lowest BCUT2D eigenvalue weighted by molar-refractivity contribution is 0.0999. The van der Waals surface area contributed by atoms with Crippen LogP contribution in [0.15, 0.2) is 24.3 Å². The minimum atomic E-state index is -0.609. The van der Waals surface area contributed by atoms with Gasteiger partial charge in [0.2, 0.25) is 5.95 Å². The van der Waals surface area contributed by atoms with E-state index in [1.807, 2.05) is 0 Å². The van der Waals surface area contributed by atoms with Crippen molar-refractivity contribution in [2.75, 3.05) is 5.73 Å². The molecule has 92 valence electrons. The quantitative estimate of drug-likeness (QED) is 0.862. The van der Waals surface area contributed by atoms with Crippen LogP contribution >= 0.6 is 11.6 Å². The summed E-state index contributed by atoms with van der Waals surface area (Å²) in [5.41, 5.74) is 12.6. The Hall–Kier alpha value is -2.14. The van der Waals surface area contributed by atoms with Crippen molar-refractivity contribution in [2.45, 2.75) is 6.92 Å². The molecule has 0 aliphatic heterocycles. The molecule has 1 aromatic heterocycles. The van der Waals surface area contributed by atoms with Gasteiger partial charge in [0.15, 0.2) is 0 Å². The number of nitrogens with zero attached hydrogens (tertiary/aromatic N) is 2. The number of hydrogen-bond acceptors (Lipinski definition) is 4. The maximum atomic E-state index is 11.5. The summed E-state index contributed by atoms with van der Waals surface area (Å²) in [6.45, 7) is 1.65. The molecule has 0 fully saturated rings. The summed E-state index contributed by atoms with van der Waals surface area (Å²) >= 11 is 6.09. The molecule has 6 heteroatoms. The first kappa shape index (κ1) is 12.3. The predicted molar refractivity (Wildman–Crippen MR) is 70.1 cm³/mol. The Morgan fingerprint density at radius 2 is 1.94 bits per heavy atom. The van der Waals surface area contributed by atoms with Crippen molar-refractivity contribution in [2.24, 2.45) is 5.73 Å². The highest BCUT2D eigenvalue weighted by Gasteiger charge is 2.18. The van der Waals surface area contributed by atoms with Gasteiger partial charge < -0.3 is 11.5 Å². The van der Waals surface area contributed by atoms with Crippen LogP contribution in [0.3, 0.4) is 0 Å². The normalized spacial score (nSPS) is 10.3. The SMILES string of the molecule is Cc1nc(N)nc(-c2ccccc2Cl)c1C(N)=O. The number of halogens is 1. The zero-order valence-corrected chi connectivity index (χ0v) is 10.4. The van der Waals surface area contributed by atoms with E-state index in [9.17, 15) is 4.79 Å². The lowest BCUT2D eigenvalue weighted by Gasteiger charge is -2.10. The van der Waals surface area contributed by atoms with Gasteiger partial charge in [-0.05, 0) is 13.0 Å². The van der Waals surface area contributed by atoms with Gasteiger partial charge in [0.1, 0.15) is 0 Å². The van der Waals surface area contributed by atoms with E-state index in [0.29, 0.717) is 22.0 Å². The number of amides is 1. The minimum Gasteiger partial charge on any atom is -0.368 e. The number of primary amides is 1. The van der Waals surface area contributed by atoms with Gasteiger partial charge in [-0.15, -0.1) is 0 Å². The molecular weight excluding hydrogens is 252 g/mol. The molecule has 0 saturated heterocycles. The molecule has 2 rings (SSSR count). The molecule has 0 aliphatic rings. The molecule has 1 heterocycles. The van der Waals surface area contributed by atoms with Crippen molar-refractivity contribution < 1.29 is 4.79 Å². The number of carbonyl (C=O) groups excluding carboxylic acids is 1. The second-order valence-electron chi connectivity index (χ2n) is 3.73. The van der Waals surface area contributed by atoms with Gasteiger partial charge in [0.25, 0.3) is 5.91 Å². The van der Waals surface area contributed by atoms with Crippen molar-refractivity contribution in [3.8, 4) is 11.3 Å². The Kier molecular flexibility index (Phi) is 3.16. The summed E-state index contributed by atoms with van der Waals surface area (Å²) in [5, 5.41) is 0.470. The number of hydrogen-bond donors (Lipinski definition) is 2. The van der Waals surface area contributed by atoms with Crippen molar-refractivity contribution >= 4 is 23.5 Å². The van der Waals surface area contributed by atoms with Crippen LogP contribution in [0.2, 0.25) is 5.02 Å². The van der Waals surface area contributed by atoms with Gasteiger partial charge in [-0.1, -0.05) is 29.8 Å². The second kappa shape index (κ2) is 4.62. The Balaban J connectivity index is 2.78. The highest BCUT2D eigenvalue weighted by atomic mass is 35.5. The van der Waals surface area contributed by atoms with Crippen molar-refractivity contribution in [3.63, 3.8) is 0 Å². The lowest BCUT2D eigenvalue weighted by atomic mass is 10.0. The largest absolute Gasteiger partial charge is 0.368 e. The van der Waals surface area contributed by atoms with Crippen LogP contribution in [0.1, 0.15) is 16.1 Å². The van der Waals surface area contributed by atoms with Gasteiger partial charge in [-0.3, -0.25) is 4.79 Å². The zero-order chi connectivity index (χ0) is 13.3. The van der Waals surface area contributed by atoms with Gasteiger partial charge in [0.05, 0.1) is 17.0 Å². The molecule has 0 saturated carbocycles. The van der Waals surface area contributed by atoms with Gasteiger partial charge in [0, 0.05) is 10.6 Å². The number of carbonyl (C=O) groups is 1. The van der Waals surface area contributed by atoms with Gasteiger partial charge in [-0.2, -0.15) is 0 Å². The van der Waals surface area contributed by atoms with Crippen LogP contribution in [0, 0.1) is 6.92 Å². The first-order valence-corrected chi connectivity index (χ1v) is 5.57. The molecule has 4 N–H and O–H groups in total. The summed E-state index contributed by atoms with van der Waals surface area (Å²) in [6.07, 6.45) is 0. The molecule has 1 amide bonds. The highest BCUT2D eigenvalue weighted by molar-refractivity contribution is 6.33. The van der Waals surface area contributed by atoms with Crippen LogP contribution in [-0.4, -0.2) is 15.9 Å². The van der Waals surface area contributed by atoms with Crippen molar-refractivity contribution in [3.05, 3.63) is 40.5 Å². The van der Waals surface area contributed by atoms with E-state index in [1.165, 1.54) is 0 Å². The lowest BCUT2D eigenvalue weighted by Crippen LogP contribution is -2.17. The number of nitrogen functional groups attached to an aromatic ring is 1. The third-order valence-corrected chi connectivity index (χ3v) is 2.81. The van der Waals surface area contributed by atoms with Crippen molar-refractivity contribution in [1.29, 1.82) is 0 Å². The van der Waals surface area contributed by atoms with Gasteiger partial charge >= 0.3 is 0 Å². The smallest absolute Gasteiger partial charge is 0.252 e. The molecule has 0 atom stereocenters. The first-order valence-electron chi connectivity index (χ1n) is 5.19. The number of aromatic nitrogens is 2. The number of nitrogens with two attached hydrogens (primary N) is 2. The second-order valence-corrected chi connectivity index (χ2v) is 4.14. The Bertz CT molecular complexity index is 627. The molecule has 0 radical (unpaired) electrons. The fraction of sp³-hybridized carbons (Fsp3) is 0.0833. The van der Waals surface area contributed by atoms with E-state index >= 15 is 0 Å². The number of aryl methyl sites for hydroxylation is 1. The Labute approximate surface area is 109 Å².